The van der Waals surface area contributed by atoms with Crippen LogP contribution in [0.4, 0.5) is 4.79 Å². The standard InChI is InChI=1S/C20H29ClN4O2/c1-2-27-19(26)25-12-8-17(9-13-25)24-18(22)23-14-20(10-3-11-20)15-4-6-16(21)7-5-15/h4-7,17H,2-3,8-14H2,1H3,(H3,22,23,24). The molecule has 1 saturated heterocycles. The zero-order chi connectivity index (χ0) is 19.3. The Bertz CT molecular complexity index is 665. The molecule has 0 spiro atoms. The quantitative estimate of drug-likeness (QED) is 0.595. The maximum atomic E-state index is 11.8. The third-order valence-corrected chi connectivity index (χ3v) is 5.94. The number of halogens is 1. The highest BCUT2D eigenvalue weighted by atomic mass is 35.5. The largest absolute Gasteiger partial charge is 0.450 e. The number of piperidine rings is 1. The number of rotatable bonds is 5. The van der Waals surface area contributed by atoms with Gasteiger partial charge in [-0.15, -0.1) is 0 Å². The Hall–Kier alpha value is -1.95. The molecule has 1 aromatic carbocycles. The van der Waals surface area contributed by atoms with E-state index in [1.54, 1.807) is 4.90 Å². The molecule has 1 heterocycles. The van der Waals surface area contributed by atoms with Crippen LogP contribution < -0.4 is 11.1 Å². The van der Waals surface area contributed by atoms with E-state index >= 15 is 0 Å². The number of amides is 1. The van der Waals surface area contributed by atoms with E-state index in [2.05, 4.69) is 22.4 Å². The van der Waals surface area contributed by atoms with Crippen LogP contribution in [0.2, 0.25) is 5.02 Å². The predicted octanol–water partition coefficient (Wildman–Crippen LogP) is 3.29. The first kappa shape index (κ1) is 19.8. The lowest BCUT2D eigenvalue weighted by Gasteiger charge is -2.41. The molecule has 1 aliphatic heterocycles. The molecule has 2 aliphatic rings. The zero-order valence-electron chi connectivity index (χ0n) is 15.9. The van der Waals surface area contributed by atoms with E-state index in [0.717, 1.165) is 30.7 Å². The minimum absolute atomic E-state index is 0.0875. The SMILES string of the molecule is CCOC(=O)N1CCC(NC(N)=NCC2(c3ccc(Cl)cc3)CCC2)CC1. The normalized spacial score (nSPS) is 20.1. The molecule has 1 aromatic rings. The van der Waals surface area contributed by atoms with E-state index in [4.69, 9.17) is 22.1 Å². The van der Waals surface area contributed by atoms with Crippen molar-refractivity contribution in [3.05, 3.63) is 34.9 Å². The molecule has 27 heavy (non-hydrogen) atoms. The van der Waals surface area contributed by atoms with Crippen LogP contribution in [0.15, 0.2) is 29.3 Å². The number of nitrogens with zero attached hydrogens (tertiary/aromatic N) is 2. The van der Waals surface area contributed by atoms with E-state index in [9.17, 15) is 4.79 Å². The lowest BCUT2D eigenvalue weighted by molar-refractivity contribution is 0.0963. The highest BCUT2D eigenvalue weighted by Gasteiger charge is 2.38. The Morgan fingerprint density at radius 2 is 2.00 bits per heavy atom. The van der Waals surface area contributed by atoms with Gasteiger partial charge in [0, 0.05) is 29.6 Å². The third-order valence-electron chi connectivity index (χ3n) is 5.69. The number of aliphatic imine (C=N–C) groups is 1. The van der Waals surface area contributed by atoms with Crippen molar-refractivity contribution in [2.45, 2.75) is 50.5 Å². The van der Waals surface area contributed by atoms with E-state index in [1.807, 2.05) is 19.1 Å². The van der Waals surface area contributed by atoms with Crippen molar-refractivity contribution >= 4 is 23.7 Å². The second-order valence-electron chi connectivity index (χ2n) is 7.45. The molecule has 1 saturated carbocycles. The van der Waals surface area contributed by atoms with Gasteiger partial charge in [0.2, 0.25) is 0 Å². The van der Waals surface area contributed by atoms with Gasteiger partial charge in [-0.1, -0.05) is 30.2 Å². The first-order valence-electron chi connectivity index (χ1n) is 9.76. The number of carbonyl (C=O) groups is 1. The lowest BCUT2D eigenvalue weighted by Crippen LogP contribution is -2.49. The number of ether oxygens (including phenoxy) is 1. The summed E-state index contributed by atoms with van der Waals surface area (Å²) in [5.74, 6) is 0.491. The van der Waals surface area contributed by atoms with Gasteiger partial charge in [-0.25, -0.2) is 4.79 Å². The molecule has 3 N–H and O–H groups in total. The predicted molar refractivity (Wildman–Crippen MR) is 108 cm³/mol. The monoisotopic (exact) mass is 392 g/mol. The molecule has 0 aromatic heterocycles. The molecular weight excluding hydrogens is 364 g/mol. The number of benzene rings is 1. The molecule has 1 aliphatic carbocycles. The van der Waals surface area contributed by atoms with Crippen LogP contribution in [0, 0.1) is 0 Å². The number of guanidine groups is 1. The fraction of sp³-hybridized carbons (Fsp3) is 0.600. The van der Waals surface area contributed by atoms with Crippen molar-refractivity contribution in [2.24, 2.45) is 10.7 Å². The van der Waals surface area contributed by atoms with Crippen LogP contribution in [0.3, 0.4) is 0 Å². The van der Waals surface area contributed by atoms with Crippen molar-refractivity contribution in [1.29, 1.82) is 0 Å². The van der Waals surface area contributed by atoms with Gasteiger partial charge in [0.15, 0.2) is 5.96 Å². The molecule has 0 atom stereocenters. The van der Waals surface area contributed by atoms with Gasteiger partial charge in [0.25, 0.3) is 0 Å². The van der Waals surface area contributed by atoms with Crippen molar-refractivity contribution < 1.29 is 9.53 Å². The summed E-state index contributed by atoms with van der Waals surface area (Å²) in [5.41, 5.74) is 7.52. The first-order valence-corrected chi connectivity index (χ1v) is 10.1. The Balaban J connectivity index is 1.51. The molecule has 3 rings (SSSR count). The Morgan fingerprint density at radius 1 is 1.33 bits per heavy atom. The molecule has 2 fully saturated rings. The van der Waals surface area contributed by atoms with E-state index in [0.29, 0.717) is 32.2 Å². The zero-order valence-corrected chi connectivity index (χ0v) is 16.7. The van der Waals surface area contributed by atoms with Crippen molar-refractivity contribution in [3.8, 4) is 0 Å². The Morgan fingerprint density at radius 3 is 2.56 bits per heavy atom. The van der Waals surface area contributed by atoms with Gasteiger partial charge in [0.05, 0.1) is 13.2 Å². The summed E-state index contributed by atoms with van der Waals surface area (Å²) in [6.07, 6.45) is 4.94. The van der Waals surface area contributed by atoms with Crippen LogP contribution in [0.5, 0.6) is 0 Å². The molecular formula is C20H29ClN4O2. The van der Waals surface area contributed by atoms with Gasteiger partial charge >= 0.3 is 6.09 Å². The number of nitrogens with two attached hydrogens (primary N) is 1. The molecule has 1 amide bonds. The fourth-order valence-electron chi connectivity index (χ4n) is 3.86. The van der Waals surface area contributed by atoms with Gasteiger partial charge < -0.3 is 20.7 Å². The van der Waals surface area contributed by atoms with Gasteiger partial charge in [0.1, 0.15) is 0 Å². The smallest absolute Gasteiger partial charge is 0.409 e. The highest BCUT2D eigenvalue weighted by molar-refractivity contribution is 6.30. The van der Waals surface area contributed by atoms with Gasteiger partial charge in [-0.2, -0.15) is 0 Å². The van der Waals surface area contributed by atoms with Gasteiger partial charge in [-0.3, -0.25) is 4.99 Å². The summed E-state index contributed by atoms with van der Waals surface area (Å²) in [5, 5.41) is 4.08. The number of carbonyl (C=O) groups excluding carboxylic acids is 1. The minimum Gasteiger partial charge on any atom is -0.450 e. The van der Waals surface area contributed by atoms with Crippen LogP contribution in [0.1, 0.15) is 44.6 Å². The highest BCUT2D eigenvalue weighted by Crippen LogP contribution is 2.44. The molecule has 148 valence electrons. The second-order valence-corrected chi connectivity index (χ2v) is 7.88. The summed E-state index contributed by atoms with van der Waals surface area (Å²) in [7, 11) is 0. The van der Waals surface area contributed by atoms with E-state index in [-0.39, 0.29) is 17.6 Å². The Kier molecular flexibility index (Phi) is 6.47. The molecule has 7 heteroatoms. The topological polar surface area (TPSA) is 80.0 Å². The number of likely N-dealkylation sites (tertiary alicyclic amines) is 1. The summed E-state index contributed by atoms with van der Waals surface area (Å²) in [6, 6.07) is 8.34. The molecule has 0 radical (unpaired) electrons. The van der Waals surface area contributed by atoms with Crippen molar-refractivity contribution in [3.63, 3.8) is 0 Å². The maximum absolute atomic E-state index is 11.8. The summed E-state index contributed by atoms with van der Waals surface area (Å²) < 4.78 is 5.05. The van der Waals surface area contributed by atoms with Crippen LogP contribution in [-0.2, 0) is 10.2 Å². The second kappa shape index (κ2) is 8.83. The van der Waals surface area contributed by atoms with Gasteiger partial charge in [-0.05, 0) is 50.3 Å². The minimum atomic E-state index is -0.229. The first-order chi connectivity index (χ1) is 13.0. The summed E-state index contributed by atoms with van der Waals surface area (Å²) >= 11 is 6.02. The van der Waals surface area contributed by atoms with E-state index < -0.39 is 0 Å². The Labute approximate surface area is 166 Å². The maximum Gasteiger partial charge on any atom is 0.409 e. The lowest BCUT2D eigenvalue weighted by atomic mass is 9.64. The summed E-state index contributed by atoms with van der Waals surface area (Å²) in [4.78, 5) is 18.2. The molecule has 0 unspecified atom stereocenters. The van der Waals surface area contributed by atoms with Crippen molar-refractivity contribution in [2.75, 3.05) is 26.2 Å². The fourth-order valence-corrected chi connectivity index (χ4v) is 3.98. The van der Waals surface area contributed by atoms with Crippen molar-refractivity contribution in [1.82, 2.24) is 10.2 Å². The molecule has 6 nitrogen and oxygen atoms in total. The third kappa shape index (κ3) is 4.86. The van der Waals surface area contributed by atoms with E-state index in [1.165, 1.54) is 12.0 Å². The van der Waals surface area contributed by atoms with Crippen LogP contribution >= 0.6 is 11.6 Å². The number of nitrogens with one attached hydrogen (secondary N) is 1. The summed E-state index contributed by atoms with van der Waals surface area (Å²) in [6.45, 7) is 4.28. The molecule has 0 bridgehead atoms. The van der Waals surface area contributed by atoms with Crippen LogP contribution in [-0.4, -0.2) is 49.2 Å². The average molecular weight is 393 g/mol. The number of hydrogen-bond donors (Lipinski definition) is 2. The average Bonchev–Trinajstić information content (AvgIpc) is 2.63. The van der Waals surface area contributed by atoms with Crippen LogP contribution in [0.25, 0.3) is 0 Å². The number of hydrogen-bond acceptors (Lipinski definition) is 3.